The van der Waals surface area contributed by atoms with Gasteiger partial charge in [-0.25, -0.2) is 4.98 Å². The highest BCUT2D eigenvalue weighted by Crippen LogP contribution is 2.48. The summed E-state index contributed by atoms with van der Waals surface area (Å²) in [6.45, 7) is 3.75. The molecule has 88 valence electrons. The standard InChI is InChI=1S/C13H13NO2S/c1-7-5-9(7)11-3-4-12(16-11)13-14-10(6-17-13)8(2)15/h3-4,6-7,9H,5H2,1-2H3. The van der Waals surface area contributed by atoms with E-state index in [-0.39, 0.29) is 5.78 Å². The molecule has 0 N–H and O–H groups in total. The maximum Gasteiger partial charge on any atom is 0.178 e. The van der Waals surface area contributed by atoms with Crippen molar-refractivity contribution in [3.05, 3.63) is 29.0 Å². The van der Waals surface area contributed by atoms with Crippen LogP contribution in [-0.2, 0) is 0 Å². The highest BCUT2D eigenvalue weighted by molar-refractivity contribution is 7.13. The van der Waals surface area contributed by atoms with Crippen molar-refractivity contribution in [2.45, 2.75) is 26.2 Å². The zero-order chi connectivity index (χ0) is 12.0. The average molecular weight is 247 g/mol. The lowest BCUT2D eigenvalue weighted by Gasteiger charge is -1.91. The van der Waals surface area contributed by atoms with E-state index in [9.17, 15) is 4.79 Å². The molecule has 0 spiro atoms. The van der Waals surface area contributed by atoms with Crippen molar-refractivity contribution in [3.63, 3.8) is 0 Å². The summed E-state index contributed by atoms with van der Waals surface area (Å²) in [5, 5.41) is 2.56. The first kappa shape index (κ1) is 10.7. The van der Waals surface area contributed by atoms with Gasteiger partial charge in [-0.2, -0.15) is 0 Å². The molecule has 0 aromatic carbocycles. The number of Topliss-reactive ketones (excluding diaryl/α,β-unsaturated/α-hetero) is 1. The zero-order valence-corrected chi connectivity index (χ0v) is 10.6. The first-order valence-electron chi connectivity index (χ1n) is 5.71. The molecule has 2 aromatic heterocycles. The highest BCUT2D eigenvalue weighted by Gasteiger charge is 2.36. The van der Waals surface area contributed by atoms with Gasteiger partial charge in [0, 0.05) is 18.2 Å². The van der Waals surface area contributed by atoms with Crippen molar-refractivity contribution >= 4 is 17.1 Å². The van der Waals surface area contributed by atoms with E-state index in [0.29, 0.717) is 11.6 Å². The van der Waals surface area contributed by atoms with Gasteiger partial charge in [-0.1, -0.05) is 6.92 Å². The Hall–Kier alpha value is -1.42. The molecule has 2 atom stereocenters. The minimum atomic E-state index is -0.00454. The first-order chi connectivity index (χ1) is 8.15. The van der Waals surface area contributed by atoms with Gasteiger partial charge in [0.15, 0.2) is 16.6 Å². The van der Waals surface area contributed by atoms with Crippen LogP contribution in [0.15, 0.2) is 21.9 Å². The fourth-order valence-corrected chi connectivity index (χ4v) is 2.75. The van der Waals surface area contributed by atoms with Crippen molar-refractivity contribution in [2.24, 2.45) is 5.92 Å². The Kier molecular flexibility index (Phi) is 2.40. The molecule has 1 aliphatic carbocycles. The molecule has 0 aliphatic heterocycles. The Morgan fingerprint density at radius 1 is 1.53 bits per heavy atom. The molecule has 0 bridgehead atoms. The minimum Gasteiger partial charge on any atom is -0.458 e. The second kappa shape index (κ2) is 3.81. The van der Waals surface area contributed by atoms with E-state index in [1.54, 1.807) is 5.38 Å². The summed E-state index contributed by atoms with van der Waals surface area (Å²) in [5.41, 5.74) is 0.516. The van der Waals surface area contributed by atoms with Crippen LogP contribution < -0.4 is 0 Å². The number of hydrogen-bond donors (Lipinski definition) is 0. The molecule has 1 saturated carbocycles. The fraction of sp³-hybridized carbons (Fsp3) is 0.385. The highest BCUT2D eigenvalue weighted by atomic mass is 32.1. The van der Waals surface area contributed by atoms with Gasteiger partial charge in [0.2, 0.25) is 0 Å². The number of furan rings is 1. The topological polar surface area (TPSA) is 43.1 Å². The van der Waals surface area contributed by atoms with Gasteiger partial charge in [0.25, 0.3) is 0 Å². The molecule has 2 aromatic rings. The van der Waals surface area contributed by atoms with Gasteiger partial charge in [-0.15, -0.1) is 11.3 Å². The lowest BCUT2D eigenvalue weighted by molar-refractivity contribution is 0.101. The van der Waals surface area contributed by atoms with Gasteiger partial charge in [-0.3, -0.25) is 4.79 Å². The fourth-order valence-electron chi connectivity index (χ4n) is 1.93. The van der Waals surface area contributed by atoms with Crippen LogP contribution in [0.5, 0.6) is 0 Å². The summed E-state index contributed by atoms with van der Waals surface area (Å²) in [6.07, 6.45) is 1.21. The van der Waals surface area contributed by atoms with Crippen molar-refractivity contribution in [1.82, 2.24) is 4.98 Å². The van der Waals surface area contributed by atoms with Crippen LogP contribution in [0, 0.1) is 5.92 Å². The first-order valence-corrected chi connectivity index (χ1v) is 6.59. The summed E-state index contributed by atoms with van der Waals surface area (Å²) in [7, 11) is 0. The molecular weight excluding hydrogens is 234 g/mol. The largest absolute Gasteiger partial charge is 0.458 e. The third kappa shape index (κ3) is 1.93. The van der Waals surface area contributed by atoms with E-state index in [4.69, 9.17) is 4.42 Å². The van der Waals surface area contributed by atoms with Crippen LogP contribution in [-0.4, -0.2) is 10.8 Å². The lowest BCUT2D eigenvalue weighted by atomic mass is 10.3. The Balaban J connectivity index is 1.87. The SMILES string of the molecule is CC(=O)c1csc(-c2ccc(C3CC3C)o2)n1. The molecule has 2 unspecified atom stereocenters. The molecule has 0 amide bonds. The maximum atomic E-state index is 11.2. The van der Waals surface area contributed by atoms with Crippen LogP contribution in [0.1, 0.15) is 42.4 Å². The number of ketones is 1. The normalized spacial score (nSPS) is 22.7. The van der Waals surface area contributed by atoms with Gasteiger partial charge in [-0.05, 0) is 24.5 Å². The molecule has 1 aliphatic rings. The molecule has 0 radical (unpaired) electrons. The Bertz CT molecular complexity index is 569. The van der Waals surface area contributed by atoms with Crippen LogP contribution in [0.4, 0.5) is 0 Å². The molecule has 0 saturated heterocycles. The van der Waals surface area contributed by atoms with Gasteiger partial charge in [0.1, 0.15) is 11.5 Å². The van der Waals surface area contributed by atoms with Crippen LogP contribution >= 0.6 is 11.3 Å². The predicted octanol–water partition coefficient (Wildman–Crippen LogP) is 3.73. The quantitative estimate of drug-likeness (QED) is 0.776. The predicted molar refractivity (Wildman–Crippen MR) is 66.3 cm³/mol. The van der Waals surface area contributed by atoms with E-state index in [2.05, 4.69) is 11.9 Å². The van der Waals surface area contributed by atoms with Crippen molar-refractivity contribution in [2.75, 3.05) is 0 Å². The van der Waals surface area contributed by atoms with E-state index in [0.717, 1.165) is 22.4 Å². The Labute approximate surface area is 103 Å². The van der Waals surface area contributed by atoms with Crippen LogP contribution in [0.3, 0.4) is 0 Å². The number of hydrogen-bond acceptors (Lipinski definition) is 4. The van der Waals surface area contributed by atoms with Crippen molar-refractivity contribution < 1.29 is 9.21 Å². The summed E-state index contributed by atoms with van der Waals surface area (Å²) >= 11 is 1.45. The second-order valence-corrected chi connectivity index (χ2v) is 5.47. The third-order valence-corrected chi connectivity index (χ3v) is 4.03. The second-order valence-electron chi connectivity index (χ2n) is 4.62. The number of aromatic nitrogens is 1. The molecule has 2 heterocycles. The number of rotatable bonds is 3. The van der Waals surface area contributed by atoms with E-state index < -0.39 is 0 Å². The Morgan fingerprint density at radius 2 is 2.29 bits per heavy atom. The van der Waals surface area contributed by atoms with E-state index in [1.165, 1.54) is 24.7 Å². The average Bonchev–Trinajstić information content (AvgIpc) is 2.78. The van der Waals surface area contributed by atoms with Crippen molar-refractivity contribution in [3.8, 4) is 10.8 Å². The summed E-state index contributed by atoms with van der Waals surface area (Å²) in [4.78, 5) is 15.4. The molecule has 3 nitrogen and oxygen atoms in total. The zero-order valence-electron chi connectivity index (χ0n) is 9.77. The number of nitrogens with zero attached hydrogens (tertiary/aromatic N) is 1. The summed E-state index contributed by atoms with van der Waals surface area (Å²) in [6, 6.07) is 3.97. The molecule has 1 fully saturated rings. The summed E-state index contributed by atoms with van der Waals surface area (Å²) in [5.74, 6) is 3.13. The van der Waals surface area contributed by atoms with Gasteiger partial charge in [0.05, 0.1) is 0 Å². The molecule has 17 heavy (non-hydrogen) atoms. The number of carbonyl (C=O) groups is 1. The van der Waals surface area contributed by atoms with E-state index in [1.807, 2.05) is 12.1 Å². The smallest absolute Gasteiger partial charge is 0.178 e. The third-order valence-electron chi connectivity index (χ3n) is 3.18. The molecular formula is C13H13NO2S. The Morgan fingerprint density at radius 3 is 2.88 bits per heavy atom. The summed E-state index contributed by atoms with van der Waals surface area (Å²) < 4.78 is 5.79. The van der Waals surface area contributed by atoms with E-state index >= 15 is 0 Å². The van der Waals surface area contributed by atoms with Gasteiger partial charge >= 0.3 is 0 Å². The molecule has 3 rings (SSSR count). The van der Waals surface area contributed by atoms with Crippen LogP contribution in [0.2, 0.25) is 0 Å². The monoisotopic (exact) mass is 247 g/mol. The number of thiazole rings is 1. The van der Waals surface area contributed by atoms with Crippen LogP contribution in [0.25, 0.3) is 10.8 Å². The number of carbonyl (C=O) groups excluding carboxylic acids is 1. The lowest BCUT2D eigenvalue weighted by Crippen LogP contribution is -1.90. The van der Waals surface area contributed by atoms with Gasteiger partial charge < -0.3 is 4.42 Å². The minimum absolute atomic E-state index is 0.00454. The maximum absolute atomic E-state index is 11.2. The molecule has 4 heteroatoms. The van der Waals surface area contributed by atoms with Crippen molar-refractivity contribution in [1.29, 1.82) is 0 Å².